The van der Waals surface area contributed by atoms with Gasteiger partial charge < -0.3 is 15.5 Å². The Morgan fingerprint density at radius 1 is 1.19 bits per heavy atom. The first kappa shape index (κ1) is 13.2. The number of benzene rings is 2. The lowest BCUT2D eigenvalue weighted by molar-refractivity contribution is 0.0925. The van der Waals surface area contributed by atoms with Gasteiger partial charge in [0.05, 0.1) is 0 Å². The van der Waals surface area contributed by atoms with Gasteiger partial charge in [0.1, 0.15) is 5.58 Å². The fraction of sp³-hybridized carbons (Fsp3) is 0.118. The van der Waals surface area contributed by atoms with E-state index in [0.717, 1.165) is 22.1 Å². The average Bonchev–Trinajstić information content (AvgIpc) is 2.88. The van der Waals surface area contributed by atoms with Crippen molar-refractivity contribution in [2.45, 2.75) is 13.5 Å². The fourth-order valence-electron chi connectivity index (χ4n) is 2.25. The summed E-state index contributed by atoms with van der Waals surface area (Å²) in [5.41, 5.74) is 9.20. The zero-order chi connectivity index (χ0) is 14.8. The Balaban J connectivity index is 1.74. The minimum Gasteiger partial charge on any atom is -0.451 e. The summed E-state index contributed by atoms with van der Waals surface area (Å²) >= 11 is 0. The van der Waals surface area contributed by atoms with E-state index in [-0.39, 0.29) is 5.91 Å². The number of fused-ring (bicyclic) bond motifs is 1. The van der Waals surface area contributed by atoms with Crippen molar-refractivity contribution in [3.8, 4) is 0 Å². The number of furan rings is 1. The van der Waals surface area contributed by atoms with Gasteiger partial charge in [0, 0.05) is 17.6 Å². The van der Waals surface area contributed by atoms with Crippen LogP contribution in [0.15, 0.2) is 52.9 Å². The van der Waals surface area contributed by atoms with Gasteiger partial charge in [-0.25, -0.2) is 0 Å². The molecule has 3 rings (SSSR count). The monoisotopic (exact) mass is 280 g/mol. The van der Waals surface area contributed by atoms with Crippen molar-refractivity contribution >= 4 is 22.6 Å². The Morgan fingerprint density at radius 3 is 2.86 bits per heavy atom. The second-order valence-electron chi connectivity index (χ2n) is 5.08. The van der Waals surface area contributed by atoms with E-state index >= 15 is 0 Å². The number of nitrogen functional groups attached to an aromatic ring is 1. The van der Waals surface area contributed by atoms with Crippen LogP contribution in [0.1, 0.15) is 21.7 Å². The van der Waals surface area contributed by atoms with Crippen molar-refractivity contribution < 1.29 is 9.21 Å². The molecule has 0 saturated heterocycles. The normalized spacial score (nSPS) is 10.7. The predicted octanol–water partition coefficient (Wildman–Crippen LogP) is 3.25. The molecule has 0 bridgehead atoms. The van der Waals surface area contributed by atoms with Crippen LogP contribution in [-0.4, -0.2) is 5.91 Å². The molecule has 3 N–H and O–H groups in total. The lowest BCUT2D eigenvalue weighted by Crippen LogP contribution is -2.22. The molecular weight excluding hydrogens is 264 g/mol. The molecule has 0 aliphatic rings. The van der Waals surface area contributed by atoms with E-state index in [9.17, 15) is 4.79 Å². The average molecular weight is 280 g/mol. The van der Waals surface area contributed by atoms with Crippen LogP contribution in [0.3, 0.4) is 0 Å². The number of carbonyl (C=O) groups is 1. The Morgan fingerprint density at radius 2 is 2.05 bits per heavy atom. The number of amides is 1. The van der Waals surface area contributed by atoms with E-state index in [1.807, 2.05) is 49.4 Å². The highest BCUT2D eigenvalue weighted by Gasteiger charge is 2.12. The lowest BCUT2D eigenvalue weighted by atomic mass is 10.2. The summed E-state index contributed by atoms with van der Waals surface area (Å²) in [6.45, 7) is 2.42. The maximum Gasteiger partial charge on any atom is 0.287 e. The molecule has 21 heavy (non-hydrogen) atoms. The van der Waals surface area contributed by atoms with Crippen LogP contribution >= 0.6 is 0 Å². The van der Waals surface area contributed by atoms with Crippen molar-refractivity contribution in [2.75, 3.05) is 5.73 Å². The Bertz CT molecular complexity index is 805. The van der Waals surface area contributed by atoms with Gasteiger partial charge in [0.15, 0.2) is 5.76 Å². The van der Waals surface area contributed by atoms with Crippen LogP contribution in [0.25, 0.3) is 11.0 Å². The molecule has 0 aliphatic heterocycles. The maximum absolute atomic E-state index is 12.1. The molecule has 0 spiro atoms. The third-order valence-corrected chi connectivity index (χ3v) is 3.30. The van der Waals surface area contributed by atoms with Crippen molar-refractivity contribution in [1.82, 2.24) is 5.32 Å². The van der Waals surface area contributed by atoms with Crippen LogP contribution in [0.2, 0.25) is 0 Å². The van der Waals surface area contributed by atoms with Crippen molar-refractivity contribution in [2.24, 2.45) is 0 Å². The zero-order valence-electron chi connectivity index (χ0n) is 11.7. The number of nitrogens with one attached hydrogen (secondary N) is 1. The number of hydrogen-bond donors (Lipinski definition) is 2. The molecule has 4 heteroatoms. The molecule has 0 unspecified atom stereocenters. The summed E-state index contributed by atoms with van der Waals surface area (Å²) < 4.78 is 5.56. The molecular formula is C17H16N2O2. The zero-order valence-corrected chi connectivity index (χ0v) is 11.7. The van der Waals surface area contributed by atoms with E-state index in [1.54, 1.807) is 6.07 Å². The molecule has 1 heterocycles. The van der Waals surface area contributed by atoms with Crippen molar-refractivity contribution in [1.29, 1.82) is 0 Å². The van der Waals surface area contributed by atoms with Crippen LogP contribution in [0.5, 0.6) is 0 Å². The highest BCUT2D eigenvalue weighted by atomic mass is 16.3. The molecule has 106 valence electrons. The fourth-order valence-corrected chi connectivity index (χ4v) is 2.25. The number of carbonyl (C=O) groups excluding carboxylic acids is 1. The second kappa shape index (κ2) is 5.32. The summed E-state index contributed by atoms with van der Waals surface area (Å²) in [5.74, 6) is 0.0887. The van der Waals surface area contributed by atoms with Gasteiger partial charge in [-0.2, -0.15) is 0 Å². The SMILES string of the molecule is Cc1ccc2oc(C(=O)NCc3cccc(N)c3)cc2c1. The Kier molecular flexibility index (Phi) is 3.36. The smallest absolute Gasteiger partial charge is 0.287 e. The van der Waals surface area contributed by atoms with E-state index < -0.39 is 0 Å². The molecule has 1 amide bonds. The number of hydrogen-bond acceptors (Lipinski definition) is 3. The standard InChI is InChI=1S/C17H16N2O2/c1-11-5-6-15-13(7-11)9-16(21-15)17(20)19-10-12-3-2-4-14(18)8-12/h2-9H,10,18H2,1H3,(H,19,20). The van der Waals surface area contributed by atoms with Gasteiger partial charge in [-0.05, 0) is 42.8 Å². The minimum absolute atomic E-state index is 0.230. The molecule has 1 aromatic heterocycles. The summed E-state index contributed by atoms with van der Waals surface area (Å²) in [6, 6.07) is 15.0. The summed E-state index contributed by atoms with van der Waals surface area (Å²) in [4.78, 5) is 12.1. The first-order chi connectivity index (χ1) is 10.1. The first-order valence-corrected chi connectivity index (χ1v) is 6.74. The van der Waals surface area contributed by atoms with Gasteiger partial charge in [0.2, 0.25) is 0 Å². The molecule has 0 saturated carbocycles. The highest BCUT2D eigenvalue weighted by molar-refractivity contribution is 5.96. The van der Waals surface area contributed by atoms with Crippen LogP contribution in [0, 0.1) is 6.92 Å². The molecule has 0 atom stereocenters. The van der Waals surface area contributed by atoms with Gasteiger partial charge in [0.25, 0.3) is 5.91 Å². The van der Waals surface area contributed by atoms with Crippen LogP contribution in [0.4, 0.5) is 5.69 Å². The van der Waals surface area contributed by atoms with Gasteiger partial charge in [-0.1, -0.05) is 23.8 Å². The molecule has 0 aliphatic carbocycles. The number of nitrogens with two attached hydrogens (primary N) is 1. The van der Waals surface area contributed by atoms with Crippen LogP contribution in [-0.2, 0) is 6.54 Å². The second-order valence-corrected chi connectivity index (χ2v) is 5.08. The number of anilines is 1. The van der Waals surface area contributed by atoms with Crippen LogP contribution < -0.4 is 11.1 Å². The topological polar surface area (TPSA) is 68.3 Å². The molecule has 0 fully saturated rings. The van der Waals surface area contributed by atoms with Gasteiger partial charge in [-0.15, -0.1) is 0 Å². The predicted molar refractivity (Wildman–Crippen MR) is 83.0 cm³/mol. The van der Waals surface area contributed by atoms with E-state index in [2.05, 4.69) is 5.32 Å². The molecule has 0 radical (unpaired) electrons. The Hall–Kier alpha value is -2.75. The molecule has 3 aromatic rings. The van der Waals surface area contributed by atoms with E-state index in [1.165, 1.54) is 0 Å². The summed E-state index contributed by atoms with van der Waals surface area (Å²) in [5, 5.41) is 3.76. The molecule has 2 aromatic carbocycles. The van der Waals surface area contributed by atoms with E-state index in [4.69, 9.17) is 10.2 Å². The first-order valence-electron chi connectivity index (χ1n) is 6.74. The summed E-state index contributed by atoms with van der Waals surface area (Å²) in [7, 11) is 0. The minimum atomic E-state index is -0.230. The summed E-state index contributed by atoms with van der Waals surface area (Å²) in [6.07, 6.45) is 0. The largest absolute Gasteiger partial charge is 0.451 e. The quantitative estimate of drug-likeness (QED) is 0.724. The Labute approximate surface area is 122 Å². The maximum atomic E-state index is 12.1. The lowest BCUT2D eigenvalue weighted by Gasteiger charge is -2.04. The van der Waals surface area contributed by atoms with E-state index in [0.29, 0.717) is 18.0 Å². The van der Waals surface area contributed by atoms with Gasteiger partial charge >= 0.3 is 0 Å². The molecule has 4 nitrogen and oxygen atoms in total. The third-order valence-electron chi connectivity index (χ3n) is 3.30. The van der Waals surface area contributed by atoms with Gasteiger partial charge in [-0.3, -0.25) is 4.79 Å². The third kappa shape index (κ3) is 2.89. The number of aryl methyl sites for hydroxylation is 1. The van der Waals surface area contributed by atoms with Crippen molar-refractivity contribution in [3.63, 3.8) is 0 Å². The number of rotatable bonds is 3. The highest BCUT2D eigenvalue weighted by Crippen LogP contribution is 2.20. The van der Waals surface area contributed by atoms with Crippen molar-refractivity contribution in [3.05, 3.63) is 65.4 Å².